The standard InChI is InChI=1S/C21H29O3P/c1-3-4-5-6-7-8-14-23-20-13-12-17-15-24-25(22-2)16-18-10-9-11-19(20)21(17)18/h9-13H,3-8,14-16H2,1-2H3. The molecule has 0 amide bonds. The molecule has 0 saturated heterocycles. The molecule has 0 aliphatic carbocycles. The molecule has 1 aliphatic rings. The van der Waals surface area contributed by atoms with E-state index >= 15 is 0 Å². The molecule has 3 rings (SSSR count). The van der Waals surface area contributed by atoms with E-state index in [0.717, 1.165) is 24.9 Å². The van der Waals surface area contributed by atoms with E-state index in [4.69, 9.17) is 13.8 Å². The highest BCUT2D eigenvalue weighted by Gasteiger charge is 2.20. The lowest BCUT2D eigenvalue weighted by molar-refractivity contribution is 0.276. The van der Waals surface area contributed by atoms with Crippen molar-refractivity contribution in [2.45, 2.75) is 58.2 Å². The van der Waals surface area contributed by atoms with Gasteiger partial charge in [0.25, 0.3) is 0 Å². The van der Waals surface area contributed by atoms with Crippen LogP contribution >= 0.6 is 8.38 Å². The molecule has 0 N–H and O–H groups in total. The summed E-state index contributed by atoms with van der Waals surface area (Å²) in [5, 5.41) is 2.50. The van der Waals surface area contributed by atoms with E-state index in [0.29, 0.717) is 6.61 Å². The molecule has 0 spiro atoms. The summed E-state index contributed by atoms with van der Waals surface area (Å²) in [6, 6.07) is 10.7. The van der Waals surface area contributed by atoms with Crippen LogP contribution in [0.15, 0.2) is 30.3 Å². The van der Waals surface area contributed by atoms with E-state index in [-0.39, 0.29) is 0 Å². The maximum atomic E-state index is 6.13. The van der Waals surface area contributed by atoms with Crippen LogP contribution in [0.5, 0.6) is 5.75 Å². The fourth-order valence-electron chi connectivity index (χ4n) is 3.42. The Labute approximate surface area is 152 Å². The van der Waals surface area contributed by atoms with Gasteiger partial charge in [0.05, 0.1) is 13.2 Å². The van der Waals surface area contributed by atoms with Crippen molar-refractivity contribution in [2.24, 2.45) is 0 Å². The van der Waals surface area contributed by atoms with E-state index in [2.05, 4.69) is 37.3 Å². The molecule has 1 heterocycles. The molecule has 0 fully saturated rings. The highest BCUT2D eigenvalue weighted by atomic mass is 31.2. The van der Waals surface area contributed by atoms with Gasteiger partial charge in [-0.1, -0.05) is 63.3 Å². The predicted molar refractivity (Wildman–Crippen MR) is 105 cm³/mol. The van der Waals surface area contributed by atoms with Crippen LogP contribution in [0.1, 0.15) is 56.6 Å². The molecule has 1 aliphatic heterocycles. The van der Waals surface area contributed by atoms with Crippen molar-refractivity contribution in [3.63, 3.8) is 0 Å². The van der Waals surface area contributed by atoms with E-state index in [1.54, 1.807) is 7.11 Å². The minimum atomic E-state index is -0.840. The van der Waals surface area contributed by atoms with Crippen molar-refractivity contribution in [1.82, 2.24) is 0 Å². The summed E-state index contributed by atoms with van der Waals surface area (Å²) in [6.45, 7) is 3.67. The van der Waals surface area contributed by atoms with E-state index in [1.807, 2.05) is 0 Å². The van der Waals surface area contributed by atoms with Crippen molar-refractivity contribution in [3.8, 4) is 5.75 Å². The maximum absolute atomic E-state index is 6.13. The van der Waals surface area contributed by atoms with Gasteiger partial charge in [0.15, 0.2) is 8.38 Å². The number of hydrogen-bond acceptors (Lipinski definition) is 3. The van der Waals surface area contributed by atoms with Crippen LogP contribution in [0.2, 0.25) is 0 Å². The average molecular weight is 360 g/mol. The number of unbranched alkanes of at least 4 members (excludes halogenated alkanes) is 5. The van der Waals surface area contributed by atoms with Gasteiger partial charge in [-0.2, -0.15) is 0 Å². The van der Waals surface area contributed by atoms with E-state index < -0.39 is 8.38 Å². The maximum Gasteiger partial charge on any atom is 0.175 e. The zero-order chi connectivity index (χ0) is 17.5. The molecule has 2 aromatic carbocycles. The topological polar surface area (TPSA) is 27.7 Å². The summed E-state index contributed by atoms with van der Waals surface area (Å²) in [4.78, 5) is 0. The smallest absolute Gasteiger partial charge is 0.175 e. The molecule has 2 aromatic rings. The second-order valence-corrected chi connectivity index (χ2v) is 8.23. The number of hydrogen-bond donors (Lipinski definition) is 0. The predicted octanol–water partition coefficient (Wildman–Crippen LogP) is 6.57. The third-order valence-electron chi connectivity index (χ3n) is 4.80. The van der Waals surface area contributed by atoms with Crippen molar-refractivity contribution >= 4 is 19.1 Å². The Balaban J connectivity index is 1.69. The van der Waals surface area contributed by atoms with E-state index in [1.165, 1.54) is 54.0 Å². The first-order chi connectivity index (χ1) is 12.3. The van der Waals surface area contributed by atoms with Crippen LogP contribution in [-0.2, 0) is 21.8 Å². The van der Waals surface area contributed by atoms with Gasteiger partial charge in [-0.3, -0.25) is 0 Å². The zero-order valence-electron chi connectivity index (χ0n) is 15.4. The summed E-state index contributed by atoms with van der Waals surface area (Å²) in [5.41, 5.74) is 2.54. The van der Waals surface area contributed by atoms with Gasteiger partial charge in [0.2, 0.25) is 0 Å². The third-order valence-corrected chi connectivity index (χ3v) is 6.22. The molecular formula is C21H29O3P. The number of rotatable bonds is 9. The lowest BCUT2D eigenvalue weighted by Gasteiger charge is -2.13. The molecule has 3 nitrogen and oxygen atoms in total. The molecule has 136 valence electrons. The molecule has 4 heteroatoms. The Morgan fingerprint density at radius 1 is 1.00 bits per heavy atom. The highest BCUT2D eigenvalue weighted by molar-refractivity contribution is 7.46. The third kappa shape index (κ3) is 4.73. The largest absolute Gasteiger partial charge is 0.493 e. The summed E-state index contributed by atoms with van der Waals surface area (Å²) >= 11 is 0. The zero-order valence-corrected chi connectivity index (χ0v) is 16.3. The van der Waals surface area contributed by atoms with Gasteiger partial charge in [-0.25, -0.2) is 0 Å². The second-order valence-electron chi connectivity index (χ2n) is 6.63. The van der Waals surface area contributed by atoms with Crippen molar-refractivity contribution in [1.29, 1.82) is 0 Å². The van der Waals surface area contributed by atoms with Gasteiger partial charge in [0, 0.05) is 18.7 Å². The van der Waals surface area contributed by atoms with Crippen LogP contribution in [0.3, 0.4) is 0 Å². The van der Waals surface area contributed by atoms with Gasteiger partial charge in [0.1, 0.15) is 5.75 Å². The molecule has 0 saturated carbocycles. The molecule has 0 radical (unpaired) electrons. The van der Waals surface area contributed by atoms with Crippen LogP contribution in [0.25, 0.3) is 10.8 Å². The van der Waals surface area contributed by atoms with Crippen molar-refractivity contribution in [3.05, 3.63) is 41.5 Å². The molecule has 0 aromatic heterocycles. The van der Waals surface area contributed by atoms with Crippen LogP contribution in [0, 0.1) is 0 Å². The normalized spacial score (nSPS) is 16.8. The Hall–Kier alpha value is -1.15. The first-order valence-corrected chi connectivity index (χ1v) is 10.8. The summed E-state index contributed by atoms with van der Waals surface area (Å²) < 4.78 is 17.5. The fraction of sp³-hybridized carbons (Fsp3) is 0.524. The van der Waals surface area contributed by atoms with Gasteiger partial charge in [-0.05, 0) is 29.0 Å². The Morgan fingerprint density at radius 3 is 2.68 bits per heavy atom. The molecular weight excluding hydrogens is 331 g/mol. The minimum Gasteiger partial charge on any atom is -0.493 e. The average Bonchev–Trinajstić information content (AvgIpc) is 2.83. The lowest BCUT2D eigenvalue weighted by Crippen LogP contribution is -1.99. The van der Waals surface area contributed by atoms with Crippen molar-refractivity contribution in [2.75, 3.05) is 13.7 Å². The molecule has 1 unspecified atom stereocenters. The van der Waals surface area contributed by atoms with Gasteiger partial charge < -0.3 is 13.8 Å². The number of ether oxygens (including phenoxy) is 1. The van der Waals surface area contributed by atoms with Gasteiger partial charge in [-0.15, -0.1) is 0 Å². The highest BCUT2D eigenvalue weighted by Crippen LogP contribution is 2.47. The Kier molecular flexibility index (Phi) is 7.10. The first-order valence-electron chi connectivity index (χ1n) is 9.44. The lowest BCUT2D eigenvalue weighted by atomic mass is 9.99. The quantitative estimate of drug-likeness (QED) is 0.374. The monoisotopic (exact) mass is 360 g/mol. The Bertz CT molecular complexity index is 686. The Morgan fingerprint density at radius 2 is 1.84 bits per heavy atom. The molecule has 0 bridgehead atoms. The summed E-state index contributed by atoms with van der Waals surface area (Å²) in [6.07, 6.45) is 8.54. The van der Waals surface area contributed by atoms with Crippen LogP contribution < -0.4 is 4.74 Å². The first kappa shape index (κ1) is 18.6. The number of benzene rings is 2. The molecule has 25 heavy (non-hydrogen) atoms. The summed E-state index contributed by atoms with van der Waals surface area (Å²) in [5.74, 6) is 0.998. The van der Waals surface area contributed by atoms with Crippen LogP contribution in [-0.4, -0.2) is 13.7 Å². The van der Waals surface area contributed by atoms with Gasteiger partial charge >= 0.3 is 0 Å². The minimum absolute atomic E-state index is 0.616. The second kappa shape index (κ2) is 9.52. The summed E-state index contributed by atoms with van der Waals surface area (Å²) in [7, 11) is 0.893. The van der Waals surface area contributed by atoms with Crippen molar-refractivity contribution < 1.29 is 13.8 Å². The fourth-order valence-corrected chi connectivity index (χ4v) is 4.57. The SMILES string of the molecule is CCCCCCCCOc1ccc2c3c(cccc13)CP(OC)OC2. The van der Waals surface area contributed by atoms with E-state index in [9.17, 15) is 0 Å². The molecule has 1 atom stereocenters. The van der Waals surface area contributed by atoms with Crippen LogP contribution in [0.4, 0.5) is 0 Å².